The van der Waals surface area contributed by atoms with Gasteiger partial charge >= 0.3 is 11.9 Å². The summed E-state index contributed by atoms with van der Waals surface area (Å²) in [5.41, 5.74) is 5.02. The van der Waals surface area contributed by atoms with Gasteiger partial charge in [-0.15, -0.1) is 0 Å². The molecule has 0 aromatic heterocycles. The lowest BCUT2D eigenvalue weighted by Crippen LogP contribution is -2.50. The van der Waals surface area contributed by atoms with Gasteiger partial charge in [-0.1, -0.05) is 174 Å². The van der Waals surface area contributed by atoms with Crippen LogP contribution in [0.5, 0.6) is 0 Å². The number of unbranched alkanes of at least 4 members (excludes halogenated alkanes) is 26. The summed E-state index contributed by atoms with van der Waals surface area (Å²) < 4.78 is 11.4. The van der Waals surface area contributed by atoms with Gasteiger partial charge in [0.25, 0.3) is 0 Å². The van der Waals surface area contributed by atoms with Gasteiger partial charge in [-0.05, 0) is 25.7 Å². The van der Waals surface area contributed by atoms with Crippen LogP contribution in [0.3, 0.4) is 0 Å². The molecule has 0 radical (unpaired) electrons. The number of esters is 2. The predicted octanol–water partition coefficient (Wildman–Crippen LogP) is 8.64. The molecule has 15 nitrogen and oxygen atoms in total. The summed E-state index contributed by atoms with van der Waals surface area (Å²) in [6.45, 7) is 5.57. The maximum absolute atomic E-state index is 13.1. The number of thioether (sulfide) groups is 1. The average Bonchev–Trinajstić information content (AvgIpc) is 3.30. The molecule has 67 heavy (non-hydrogen) atoms. The van der Waals surface area contributed by atoms with E-state index in [1.165, 1.54) is 141 Å². The van der Waals surface area contributed by atoms with E-state index in [0.717, 1.165) is 52.1 Å². The third kappa shape index (κ3) is 48.9. The zero-order valence-corrected chi connectivity index (χ0v) is 43.4. The Hall–Kier alpha value is -3.40. The van der Waals surface area contributed by atoms with E-state index in [0.29, 0.717) is 32.2 Å². The topological polar surface area (TPSA) is 232 Å². The summed E-state index contributed by atoms with van der Waals surface area (Å²) in [4.78, 5) is 85.5. The van der Waals surface area contributed by atoms with Crippen molar-refractivity contribution < 1.29 is 48.1 Å². The number of ether oxygens (including phenoxy) is 2. The van der Waals surface area contributed by atoms with E-state index in [2.05, 4.69) is 35.1 Å². The Balaban J connectivity index is 0. The fourth-order valence-corrected chi connectivity index (χ4v) is 8.41. The van der Waals surface area contributed by atoms with Crippen molar-refractivity contribution in [2.24, 2.45) is 5.73 Å². The Morgan fingerprint density at radius 1 is 0.507 bits per heavy atom. The standard InChI is InChI=1S/C50H93N5O9S.CH4O/c1-4-6-8-10-12-14-16-18-20-22-24-26-30-34-48(60)63-39-43(64-49(61)35-31-27-25-23-21-19-17-15-13-11-9-7-5-2)40-65-41-44(55-42(3)56)50(62)54-38-47(59)52-36-32-28-29-33-46(58)53-37-45(51)57;1-2/h43-44H,4-41H2,1-3H3,(H2,51,57)(H,52,59)(H,53,58)(H,54,62)(H,55,56);2H,1H3. The lowest BCUT2D eigenvalue weighted by Gasteiger charge is -2.20. The molecule has 2 unspecified atom stereocenters. The number of rotatable bonds is 47. The van der Waals surface area contributed by atoms with E-state index in [1.54, 1.807) is 0 Å². The van der Waals surface area contributed by atoms with E-state index >= 15 is 0 Å². The summed E-state index contributed by atoms with van der Waals surface area (Å²) in [6, 6.07) is -0.953. The molecule has 0 aromatic carbocycles. The van der Waals surface area contributed by atoms with Crippen molar-refractivity contribution in [1.29, 1.82) is 0 Å². The van der Waals surface area contributed by atoms with Gasteiger partial charge in [-0.3, -0.25) is 33.6 Å². The van der Waals surface area contributed by atoms with Crippen LogP contribution < -0.4 is 27.0 Å². The quantitative estimate of drug-likeness (QED) is 0.0250. The Kier molecular flexibility index (Phi) is 49.5. The summed E-state index contributed by atoms with van der Waals surface area (Å²) in [5, 5.41) is 17.4. The second-order valence-corrected chi connectivity index (χ2v) is 18.8. The lowest BCUT2D eigenvalue weighted by atomic mass is 10.0. The first kappa shape index (κ1) is 65.7. The highest BCUT2D eigenvalue weighted by atomic mass is 32.2. The summed E-state index contributed by atoms with van der Waals surface area (Å²) in [5.74, 6) is -2.52. The van der Waals surface area contributed by atoms with Crippen LogP contribution in [0.1, 0.15) is 226 Å². The second-order valence-electron chi connectivity index (χ2n) is 17.7. The Morgan fingerprint density at radius 3 is 1.40 bits per heavy atom. The predicted molar refractivity (Wildman–Crippen MR) is 271 cm³/mol. The molecular weight excluding hydrogens is 875 g/mol. The van der Waals surface area contributed by atoms with Gasteiger partial charge in [0.1, 0.15) is 18.8 Å². The molecule has 0 bridgehead atoms. The van der Waals surface area contributed by atoms with Gasteiger partial charge in [0.15, 0.2) is 0 Å². The highest BCUT2D eigenvalue weighted by Gasteiger charge is 2.23. The summed E-state index contributed by atoms with van der Waals surface area (Å²) in [6.07, 6.45) is 33.5. The van der Waals surface area contributed by atoms with Gasteiger partial charge in [0, 0.05) is 51.3 Å². The fraction of sp³-hybridized carbons (Fsp3) is 0.863. The van der Waals surface area contributed by atoms with E-state index in [4.69, 9.17) is 20.3 Å². The number of nitrogens with two attached hydrogens (primary N) is 1. The molecule has 5 amide bonds. The third-order valence-corrected chi connectivity index (χ3v) is 12.4. The molecule has 0 aliphatic rings. The van der Waals surface area contributed by atoms with Crippen LogP contribution in [-0.4, -0.2) is 104 Å². The maximum atomic E-state index is 13.1. The number of amides is 5. The molecule has 0 aromatic rings. The zero-order chi connectivity index (χ0) is 50.0. The largest absolute Gasteiger partial charge is 0.462 e. The molecule has 0 saturated carbocycles. The van der Waals surface area contributed by atoms with Gasteiger partial charge in [0.2, 0.25) is 29.5 Å². The Labute approximate surface area is 410 Å². The summed E-state index contributed by atoms with van der Waals surface area (Å²) >= 11 is 1.29. The number of carbonyl (C=O) groups is 7. The van der Waals surface area contributed by atoms with Crippen LogP contribution in [0.2, 0.25) is 0 Å². The minimum atomic E-state index is -0.953. The lowest BCUT2D eigenvalue weighted by molar-refractivity contribution is -0.157. The SMILES string of the molecule is CCCCCCCCCCCCCCCC(=O)OCC(CSCC(NC(C)=O)C(=O)NCC(=O)NCCCCCC(=O)NCC(N)=O)OC(=O)CCCCCCCCCCCCCCC.CO. The average molecular weight is 972 g/mol. The van der Waals surface area contributed by atoms with Crippen LogP contribution in [0, 0.1) is 0 Å². The highest BCUT2D eigenvalue weighted by Crippen LogP contribution is 2.16. The number of aliphatic hydroxyl groups excluding tert-OH is 1. The van der Waals surface area contributed by atoms with E-state index in [1.807, 2.05) is 0 Å². The fourth-order valence-electron chi connectivity index (χ4n) is 7.38. The Bertz CT molecular complexity index is 1260. The second kappa shape index (κ2) is 50.5. The van der Waals surface area contributed by atoms with Crippen LogP contribution in [0.15, 0.2) is 0 Å². The van der Waals surface area contributed by atoms with Gasteiger partial charge in [-0.25, -0.2) is 0 Å². The van der Waals surface area contributed by atoms with Crippen LogP contribution in [0.4, 0.5) is 0 Å². The molecule has 0 heterocycles. The number of primary amides is 1. The molecule has 392 valence electrons. The molecule has 2 atom stereocenters. The van der Waals surface area contributed by atoms with E-state index in [9.17, 15) is 33.6 Å². The number of carbonyl (C=O) groups excluding carboxylic acids is 7. The highest BCUT2D eigenvalue weighted by molar-refractivity contribution is 7.99. The minimum Gasteiger partial charge on any atom is -0.462 e. The molecule has 0 fully saturated rings. The van der Waals surface area contributed by atoms with Crippen molar-refractivity contribution in [3.63, 3.8) is 0 Å². The van der Waals surface area contributed by atoms with Crippen LogP contribution in [-0.2, 0) is 43.0 Å². The zero-order valence-electron chi connectivity index (χ0n) is 42.6. The van der Waals surface area contributed by atoms with Crippen molar-refractivity contribution in [3.8, 4) is 0 Å². The van der Waals surface area contributed by atoms with Gasteiger partial charge in [0.05, 0.1) is 13.1 Å². The van der Waals surface area contributed by atoms with Crippen LogP contribution in [0.25, 0.3) is 0 Å². The van der Waals surface area contributed by atoms with E-state index < -0.39 is 35.8 Å². The number of hydrogen-bond acceptors (Lipinski definition) is 11. The summed E-state index contributed by atoms with van der Waals surface area (Å²) in [7, 11) is 1.00. The number of aliphatic hydroxyl groups is 1. The monoisotopic (exact) mass is 972 g/mol. The van der Waals surface area contributed by atoms with E-state index in [-0.39, 0.29) is 61.9 Å². The number of hydrogen-bond donors (Lipinski definition) is 6. The molecule has 7 N–H and O–H groups in total. The first-order chi connectivity index (χ1) is 32.5. The molecular formula is C51H97N5O10S. The molecule has 16 heteroatoms. The smallest absolute Gasteiger partial charge is 0.306 e. The molecule has 0 aliphatic heterocycles. The third-order valence-electron chi connectivity index (χ3n) is 11.3. The normalized spacial score (nSPS) is 11.7. The number of nitrogens with one attached hydrogen (secondary N) is 4. The van der Waals surface area contributed by atoms with Crippen molar-refractivity contribution in [2.45, 2.75) is 238 Å². The van der Waals surface area contributed by atoms with Crippen molar-refractivity contribution >= 4 is 53.2 Å². The van der Waals surface area contributed by atoms with Crippen LogP contribution >= 0.6 is 11.8 Å². The van der Waals surface area contributed by atoms with Gasteiger partial charge in [-0.2, -0.15) is 11.8 Å². The molecule has 0 saturated heterocycles. The van der Waals surface area contributed by atoms with Gasteiger partial charge < -0.3 is 41.6 Å². The minimum absolute atomic E-state index is 0.0890. The van der Waals surface area contributed by atoms with Crippen molar-refractivity contribution in [2.75, 3.05) is 44.9 Å². The first-order valence-corrected chi connectivity index (χ1v) is 27.4. The molecule has 0 spiro atoms. The van der Waals surface area contributed by atoms with Crippen molar-refractivity contribution in [3.05, 3.63) is 0 Å². The first-order valence-electron chi connectivity index (χ1n) is 26.2. The molecule has 0 rings (SSSR count). The van der Waals surface area contributed by atoms with Crippen molar-refractivity contribution in [1.82, 2.24) is 21.3 Å². The maximum Gasteiger partial charge on any atom is 0.306 e. The molecule has 0 aliphatic carbocycles. The Morgan fingerprint density at radius 2 is 0.940 bits per heavy atom.